The van der Waals surface area contributed by atoms with Gasteiger partial charge in [-0.05, 0) is 42.8 Å². The van der Waals surface area contributed by atoms with Gasteiger partial charge in [-0.1, -0.05) is 31.5 Å². The van der Waals surface area contributed by atoms with Gasteiger partial charge in [0.05, 0.1) is 5.56 Å². The zero-order chi connectivity index (χ0) is 23.4. The van der Waals surface area contributed by atoms with E-state index in [0.29, 0.717) is 29.4 Å². The number of nitrogens with zero attached hydrogens (tertiary/aromatic N) is 3. The number of imidazole rings is 1. The molecule has 2 aromatic carbocycles. The van der Waals surface area contributed by atoms with Crippen LogP contribution < -0.4 is 16.0 Å². The zero-order valence-corrected chi connectivity index (χ0v) is 18.4. The summed E-state index contributed by atoms with van der Waals surface area (Å²) in [5, 5.41) is 0. The molecule has 2 heterocycles. The molecule has 0 aliphatic carbocycles. The van der Waals surface area contributed by atoms with Crippen molar-refractivity contribution < 1.29 is 14.3 Å². The minimum Gasteiger partial charge on any atom is -0.457 e. The molecule has 1 N–H and O–H groups in total. The third kappa shape index (κ3) is 4.72. The first-order valence-corrected chi connectivity index (χ1v) is 10.7. The van der Waals surface area contributed by atoms with E-state index in [1.54, 1.807) is 35.9 Å². The Labute approximate surface area is 189 Å². The fraction of sp³-hybridized carbons (Fsp3) is 0.250. The van der Waals surface area contributed by atoms with Crippen LogP contribution >= 0.6 is 0 Å². The van der Waals surface area contributed by atoms with Crippen LogP contribution in [0.15, 0.2) is 64.2 Å². The number of carbonyl (C=O) groups excluding carboxylic acids is 1. The van der Waals surface area contributed by atoms with E-state index < -0.39 is 17.2 Å². The number of aryl methyl sites for hydroxylation is 2. The van der Waals surface area contributed by atoms with E-state index in [0.717, 1.165) is 12.8 Å². The molecule has 170 valence electrons. The molecule has 33 heavy (non-hydrogen) atoms. The van der Waals surface area contributed by atoms with Gasteiger partial charge in [0.15, 0.2) is 11.2 Å². The van der Waals surface area contributed by atoms with E-state index in [2.05, 4.69) is 9.97 Å². The molecule has 0 spiro atoms. The van der Waals surface area contributed by atoms with Gasteiger partial charge in [-0.2, -0.15) is 0 Å². The third-order valence-electron chi connectivity index (χ3n) is 5.24. The molecular formula is C24H24N4O5. The van der Waals surface area contributed by atoms with Gasteiger partial charge in [-0.25, -0.2) is 14.6 Å². The number of aromatic amines is 1. The first-order chi connectivity index (χ1) is 16.0. The predicted octanol–water partition coefficient (Wildman–Crippen LogP) is 3.37. The lowest BCUT2D eigenvalue weighted by molar-refractivity contribution is 0.0459. The standard InChI is InChI=1S/C24H24N4O5/c1-3-4-14-28-21-20(22(29)26-24(28)31)27(2)19(25-21)15-32-23(30)16-10-12-18(13-11-16)33-17-8-6-5-7-9-17/h5-13H,3-4,14-15H2,1-2H3,(H,26,29,31). The second-order valence-corrected chi connectivity index (χ2v) is 7.54. The van der Waals surface area contributed by atoms with Crippen molar-refractivity contribution in [3.05, 3.63) is 86.8 Å². The summed E-state index contributed by atoms with van der Waals surface area (Å²) in [6, 6.07) is 15.9. The highest BCUT2D eigenvalue weighted by Gasteiger charge is 2.18. The van der Waals surface area contributed by atoms with Crippen molar-refractivity contribution in [2.24, 2.45) is 7.05 Å². The van der Waals surface area contributed by atoms with Gasteiger partial charge in [-0.15, -0.1) is 0 Å². The fourth-order valence-electron chi connectivity index (χ4n) is 3.44. The maximum atomic E-state index is 12.5. The van der Waals surface area contributed by atoms with Gasteiger partial charge in [-0.3, -0.25) is 14.3 Å². The molecule has 0 unspecified atom stereocenters. The number of rotatable bonds is 8. The van der Waals surface area contributed by atoms with Crippen molar-refractivity contribution in [3.63, 3.8) is 0 Å². The second kappa shape index (κ2) is 9.56. The van der Waals surface area contributed by atoms with Gasteiger partial charge in [0, 0.05) is 13.6 Å². The maximum absolute atomic E-state index is 12.5. The maximum Gasteiger partial charge on any atom is 0.338 e. The number of carbonyl (C=O) groups is 1. The topological polar surface area (TPSA) is 108 Å². The third-order valence-corrected chi connectivity index (χ3v) is 5.24. The highest BCUT2D eigenvalue weighted by Crippen LogP contribution is 2.21. The van der Waals surface area contributed by atoms with E-state index >= 15 is 0 Å². The fourth-order valence-corrected chi connectivity index (χ4v) is 3.44. The molecule has 4 rings (SSSR count). The molecule has 0 radical (unpaired) electrons. The highest BCUT2D eigenvalue weighted by molar-refractivity contribution is 5.89. The summed E-state index contributed by atoms with van der Waals surface area (Å²) < 4.78 is 14.1. The number of unbranched alkanes of at least 4 members (excludes halogenated alkanes) is 1. The van der Waals surface area contributed by atoms with Crippen LogP contribution in [0.4, 0.5) is 0 Å². The molecule has 9 heteroatoms. The van der Waals surface area contributed by atoms with Crippen LogP contribution in [-0.2, 0) is 24.9 Å². The number of hydrogen-bond donors (Lipinski definition) is 1. The van der Waals surface area contributed by atoms with Crippen LogP contribution in [0.25, 0.3) is 11.2 Å². The zero-order valence-electron chi connectivity index (χ0n) is 18.4. The van der Waals surface area contributed by atoms with Crippen molar-refractivity contribution in [1.29, 1.82) is 0 Å². The predicted molar refractivity (Wildman–Crippen MR) is 123 cm³/mol. The van der Waals surface area contributed by atoms with Crippen molar-refractivity contribution in [2.75, 3.05) is 0 Å². The Hall–Kier alpha value is -4.14. The van der Waals surface area contributed by atoms with Gasteiger partial charge >= 0.3 is 11.7 Å². The van der Waals surface area contributed by atoms with E-state index in [1.165, 1.54) is 4.57 Å². The number of aromatic nitrogens is 4. The van der Waals surface area contributed by atoms with E-state index in [4.69, 9.17) is 9.47 Å². The molecule has 0 saturated heterocycles. The summed E-state index contributed by atoms with van der Waals surface area (Å²) in [4.78, 5) is 43.8. The van der Waals surface area contributed by atoms with Crippen molar-refractivity contribution in [2.45, 2.75) is 32.9 Å². The minimum atomic E-state index is -0.536. The molecular weight excluding hydrogens is 424 g/mol. The Kier molecular flexibility index (Phi) is 6.39. The van der Waals surface area contributed by atoms with Gasteiger partial charge in [0.2, 0.25) is 0 Å². The molecule has 9 nitrogen and oxygen atoms in total. The van der Waals surface area contributed by atoms with Gasteiger partial charge in [0.1, 0.15) is 23.9 Å². The van der Waals surface area contributed by atoms with E-state index in [9.17, 15) is 14.4 Å². The number of ether oxygens (including phenoxy) is 2. The summed E-state index contributed by atoms with van der Waals surface area (Å²) in [6.07, 6.45) is 1.66. The van der Waals surface area contributed by atoms with Crippen LogP contribution in [0.1, 0.15) is 35.9 Å². The molecule has 0 amide bonds. The van der Waals surface area contributed by atoms with Gasteiger partial charge < -0.3 is 14.0 Å². The SMILES string of the molecule is CCCCn1c(=O)[nH]c(=O)c2c1nc(COC(=O)c1ccc(Oc3ccccc3)cc1)n2C. The van der Waals surface area contributed by atoms with Crippen LogP contribution in [0.3, 0.4) is 0 Å². The number of benzene rings is 2. The minimum absolute atomic E-state index is 0.145. The smallest absolute Gasteiger partial charge is 0.338 e. The van der Waals surface area contributed by atoms with Crippen molar-refractivity contribution in [1.82, 2.24) is 19.1 Å². The molecule has 0 fully saturated rings. The summed E-state index contributed by atoms with van der Waals surface area (Å²) >= 11 is 0. The molecule has 0 aliphatic rings. The average Bonchev–Trinajstić information content (AvgIpc) is 3.15. The Morgan fingerprint density at radius 2 is 1.73 bits per heavy atom. The van der Waals surface area contributed by atoms with Crippen LogP contribution in [-0.4, -0.2) is 25.1 Å². The Bertz CT molecular complexity index is 1380. The number of H-pyrrole nitrogens is 1. The van der Waals surface area contributed by atoms with Crippen LogP contribution in [0.2, 0.25) is 0 Å². The number of esters is 1. The first kappa shape index (κ1) is 22.1. The second-order valence-electron chi connectivity index (χ2n) is 7.54. The van der Waals surface area contributed by atoms with Crippen molar-refractivity contribution >= 4 is 17.1 Å². The quantitative estimate of drug-likeness (QED) is 0.414. The largest absolute Gasteiger partial charge is 0.457 e. The monoisotopic (exact) mass is 448 g/mol. The molecule has 0 saturated carbocycles. The number of hydrogen-bond acceptors (Lipinski definition) is 6. The highest BCUT2D eigenvalue weighted by atomic mass is 16.5. The molecule has 0 bridgehead atoms. The summed E-state index contributed by atoms with van der Waals surface area (Å²) in [7, 11) is 1.65. The van der Waals surface area contributed by atoms with Gasteiger partial charge in [0.25, 0.3) is 5.56 Å². The lowest BCUT2D eigenvalue weighted by atomic mass is 10.2. The normalized spacial score (nSPS) is 11.0. The summed E-state index contributed by atoms with van der Waals surface area (Å²) in [5.74, 6) is 1.12. The van der Waals surface area contributed by atoms with E-state index in [1.807, 2.05) is 37.3 Å². The molecule has 0 aliphatic heterocycles. The van der Waals surface area contributed by atoms with Crippen LogP contribution in [0.5, 0.6) is 11.5 Å². The Balaban J connectivity index is 1.49. The summed E-state index contributed by atoms with van der Waals surface area (Å²) in [6.45, 7) is 2.31. The number of para-hydroxylation sites is 1. The first-order valence-electron chi connectivity index (χ1n) is 10.7. The Morgan fingerprint density at radius 1 is 1.03 bits per heavy atom. The molecule has 4 aromatic rings. The van der Waals surface area contributed by atoms with Crippen LogP contribution in [0, 0.1) is 0 Å². The molecule has 0 atom stereocenters. The lowest BCUT2D eigenvalue weighted by Gasteiger charge is -2.07. The summed E-state index contributed by atoms with van der Waals surface area (Å²) in [5.41, 5.74) is -0.121. The lowest BCUT2D eigenvalue weighted by Crippen LogP contribution is -2.31. The van der Waals surface area contributed by atoms with E-state index in [-0.39, 0.29) is 17.8 Å². The average molecular weight is 448 g/mol. The van der Waals surface area contributed by atoms with Crippen molar-refractivity contribution in [3.8, 4) is 11.5 Å². The number of nitrogens with one attached hydrogen (secondary N) is 1. The Morgan fingerprint density at radius 3 is 2.42 bits per heavy atom. The molecule has 2 aromatic heterocycles. The number of fused-ring (bicyclic) bond motifs is 1.